The second kappa shape index (κ2) is 7.33. The van der Waals surface area contributed by atoms with Crippen LogP contribution in [0.5, 0.6) is 0 Å². The quantitative estimate of drug-likeness (QED) is 0.851. The van der Waals surface area contributed by atoms with E-state index < -0.39 is 15.8 Å². The van der Waals surface area contributed by atoms with Crippen molar-refractivity contribution < 1.29 is 8.42 Å². The molecule has 10 heteroatoms. The normalized spacial score (nSPS) is 16.7. The molecule has 2 aromatic rings. The van der Waals surface area contributed by atoms with Crippen molar-refractivity contribution in [3.05, 3.63) is 56.9 Å². The number of hydrogen-bond donors (Lipinski definition) is 1. The molecule has 134 valence electrons. The van der Waals surface area contributed by atoms with E-state index in [1.165, 1.54) is 15.2 Å². The molecule has 0 aliphatic carbocycles. The number of piperidine rings is 1. The molecule has 0 unspecified atom stereocenters. The number of nitrogens with zero attached hydrogens (tertiary/aromatic N) is 3. The van der Waals surface area contributed by atoms with Crippen molar-refractivity contribution in [3.8, 4) is 0 Å². The standard InChI is InChI=1S/C15H16Cl2N4O3S/c16-13-10-18-21(15(22)14(13)17)12-6-8-20(9-7-12)25(23,24)19-11-4-2-1-3-5-11/h1-5,10,12,19H,6-9H2. The molecule has 1 aliphatic heterocycles. The first-order valence-electron chi connectivity index (χ1n) is 7.64. The van der Waals surface area contributed by atoms with Gasteiger partial charge < -0.3 is 0 Å². The van der Waals surface area contributed by atoms with Crippen LogP contribution in [-0.4, -0.2) is 35.6 Å². The van der Waals surface area contributed by atoms with Crippen molar-refractivity contribution >= 4 is 39.1 Å². The number of aromatic nitrogens is 2. The first-order chi connectivity index (χ1) is 11.9. The van der Waals surface area contributed by atoms with Gasteiger partial charge in [0.15, 0.2) is 0 Å². The van der Waals surface area contributed by atoms with Gasteiger partial charge in [-0.15, -0.1) is 0 Å². The van der Waals surface area contributed by atoms with Gasteiger partial charge in [-0.1, -0.05) is 41.4 Å². The Morgan fingerprint density at radius 3 is 2.40 bits per heavy atom. The fourth-order valence-corrected chi connectivity index (χ4v) is 4.25. The summed E-state index contributed by atoms with van der Waals surface area (Å²) in [6, 6.07) is 8.47. The maximum absolute atomic E-state index is 12.5. The van der Waals surface area contributed by atoms with E-state index in [1.54, 1.807) is 24.3 Å². The van der Waals surface area contributed by atoms with Gasteiger partial charge in [-0.2, -0.15) is 17.8 Å². The average molecular weight is 403 g/mol. The number of nitrogens with one attached hydrogen (secondary N) is 1. The molecule has 1 aromatic carbocycles. The van der Waals surface area contributed by atoms with Gasteiger partial charge in [0.1, 0.15) is 5.02 Å². The van der Waals surface area contributed by atoms with Crippen LogP contribution in [0.2, 0.25) is 10.0 Å². The monoisotopic (exact) mass is 402 g/mol. The molecule has 1 aliphatic rings. The molecule has 3 rings (SSSR count). The van der Waals surface area contributed by atoms with E-state index in [-0.39, 0.29) is 29.2 Å². The summed E-state index contributed by atoms with van der Waals surface area (Å²) < 4.78 is 30.1. The third-order valence-corrected chi connectivity index (χ3v) is 6.32. The zero-order valence-electron chi connectivity index (χ0n) is 13.1. The largest absolute Gasteiger partial charge is 0.301 e. The molecule has 1 fully saturated rings. The second-order valence-electron chi connectivity index (χ2n) is 5.66. The highest BCUT2D eigenvalue weighted by molar-refractivity contribution is 7.90. The van der Waals surface area contributed by atoms with Crippen LogP contribution >= 0.6 is 23.2 Å². The van der Waals surface area contributed by atoms with Gasteiger partial charge in [0.05, 0.1) is 17.3 Å². The molecule has 0 atom stereocenters. The van der Waals surface area contributed by atoms with Crippen LogP contribution in [0.3, 0.4) is 0 Å². The lowest BCUT2D eigenvalue weighted by Gasteiger charge is -2.31. The van der Waals surface area contributed by atoms with Gasteiger partial charge in [-0.05, 0) is 25.0 Å². The number of halogens is 2. The van der Waals surface area contributed by atoms with Gasteiger partial charge in [0.2, 0.25) is 0 Å². The predicted octanol–water partition coefficient (Wildman–Crippen LogP) is 2.54. The highest BCUT2D eigenvalue weighted by Gasteiger charge is 2.30. The van der Waals surface area contributed by atoms with Crippen LogP contribution in [0.15, 0.2) is 41.3 Å². The number of rotatable bonds is 4. The minimum atomic E-state index is -3.64. The van der Waals surface area contributed by atoms with E-state index >= 15 is 0 Å². The lowest BCUT2D eigenvalue weighted by Crippen LogP contribution is -2.43. The van der Waals surface area contributed by atoms with Crippen LogP contribution in [0.25, 0.3) is 0 Å². The lowest BCUT2D eigenvalue weighted by atomic mass is 10.1. The van der Waals surface area contributed by atoms with Crippen molar-refractivity contribution in [1.29, 1.82) is 0 Å². The summed E-state index contributed by atoms with van der Waals surface area (Å²) in [7, 11) is -3.64. The minimum absolute atomic E-state index is 0.0718. The predicted molar refractivity (Wildman–Crippen MR) is 97.3 cm³/mol. The Kier molecular flexibility index (Phi) is 5.33. The van der Waals surface area contributed by atoms with Gasteiger partial charge in [0, 0.05) is 18.8 Å². The lowest BCUT2D eigenvalue weighted by molar-refractivity contribution is 0.256. The second-order valence-corrected chi connectivity index (χ2v) is 8.12. The zero-order valence-corrected chi connectivity index (χ0v) is 15.4. The molecular formula is C15H16Cl2N4O3S. The van der Waals surface area contributed by atoms with Crippen LogP contribution in [0, 0.1) is 0 Å². The Morgan fingerprint density at radius 1 is 1.12 bits per heavy atom. The zero-order chi connectivity index (χ0) is 18.0. The Morgan fingerprint density at radius 2 is 1.76 bits per heavy atom. The molecule has 0 saturated carbocycles. The van der Waals surface area contributed by atoms with E-state index in [1.807, 2.05) is 6.07 Å². The Balaban J connectivity index is 1.70. The fraction of sp³-hybridized carbons (Fsp3) is 0.333. The summed E-state index contributed by atoms with van der Waals surface area (Å²) >= 11 is 11.7. The van der Waals surface area contributed by atoms with Gasteiger partial charge >= 0.3 is 10.2 Å². The minimum Gasteiger partial charge on any atom is -0.271 e. The summed E-state index contributed by atoms with van der Waals surface area (Å²) in [5, 5.41) is 4.06. The third kappa shape index (κ3) is 3.98. The van der Waals surface area contributed by atoms with E-state index in [2.05, 4.69) is 9.82 Å². The summed E-state index contributed by atoms with van der Waals surface area (Å²) in [6.45, 7) is 0.558. The van der Waals surface area contributed by atoms with Gasteiger partial charge in [-0.3, -0.25) is 9.52 Å². The topological polar surface area (TPSA) is 84.3 Å². The molecule has 0 bridgehead atoms. The Bertz CT molecular complexity index is 910. The van der Waals surface area contributed by atoms with Gasteiger partial charge in [-0.25, -0.2) is 4.68 Å². The average Bonchev–Trinajstić information content (AvgIpc) is 2.60. The van der Waals surface area contributed by atoms with Crippen molar-refractivity contribution in [2.45, 2.75) is 18.9 Å². The van der Waals surface area contributed by atoms with Crippen LogP contribution in [-0.2, 0) is 10.2 Å². The molecule has 25 heavy (non-hydrogen) atoms. The number of hydrogen-bond acceptors (Lipinski definition) is 4. The molecule has 1 saturated heterocycles. The summed E-state index contributed by atoms with van der Waals surface area (Å²) in [4.78, 5) is 12.1. The van der Waals surface area contributed by atoms with E-state index in [9.17, 15) is 13.2 Å². The van der Waals surface area contributed by atoms with E-state index in [0.29, 0.717) is 18.5 Å². The molecule has 1 aromatic heterocycles. The molecule has 0 radical (unpaired) electrons. The summed E-state index contributed by atoms with van der Waals surface area (Å²) in [6.07, 6.45) is 2.24. The number of benzene rings is 1. The van der Waals surface area contributed by atoms with Crippen LogP contribution in [0.1, 0.15) is 18.9 Å². The number of para-hydroxylation sites is 1. The maximum atomic E-state index is 12.5. The maximum Gasteiger partial charge on any atom is 0.301 e. The smallest absolute Gasteiger partial charge is 0.271 e. The molecule has 0 amide bonds. The number of anilines is 1. The fourth-order valence-electron chi connectivity index (χ4n) is 2.73. The molecule has 1 N–H and O–H groups in total. The molecule has 2 heterocycles. The summed E-state index contributed by atoms with van der Waals surface area (Å²) in [5.41, 5.74) is 0.0462. The van der Waals surface area contributed by atoms with Crippen LogP contribution < -0.4 is 10.3 Å². The van der Waals surface area contributed by atoms with E-state index in [0.717, 1.165) is 0 Å². The van der Waals surface area contributed by atoms with Crippen molar-refractivity contribution in [3.63, 3.8) is 0 Å². The SMILES string of the molecule is O=c1c(Cl)c(Cl)cnn1C1CCN(S(=O)(=O)Nc2ccccc2)CC1. The highest BCUT2D eigenvalue weighted by atomic mass is 35.5. The van der Waals surface area contributed by atoms with Crippen molar-refractivity contribution in [2.75, 3.05) is 17.8 Å². The van der Waals surface area contributed by atoms with Crippen molar-refractivity contribution in [1.82, 2.24) is 14.1 Å². The van der Waals surface area contributed by atoms with E-state index in [4.69, 9.17) is 23.2 Å². The molecule has 0 spiro atoms. The highest BCUT2D eigenvalue weighted by Crippen LogP contribution is 2.24. The first-order valence-corrected chi connectivity index (χ1v) is 9.84. The van der Waals surface area contributed by atoms with Crippen molar-refractivity contribution in [2.24, 2.45) is 0 Å². The van der Waals surface area contributed by atoms with Gasteiger partial charge in [0.25, 0.3) is 5.56 Å². The molecule has 7 nitrogen and oxygen atoms in total. The van der Waals surface area contributed by atoms with Crippen LogP contribution in [0.4, 0.5) is 5.69 Å². The first kappa shape index (κ1) is 18.2. The third-order valence-electron chi connectivity index (χ3n) is 4.03. The molecular weight excluding hydrogens is 387 g/mol. The Hall–Kier alpha value is -1.61. The summed E-state index contributed by atoms with van der Waals surface area (Å²) in [5.74, 6) is 0. The Labute approximate surface area is 155 Å².